The number of aliphatic hydroxyl groups excluding tert-OH is 4. The monoisotopic (exact) mass is 446 g/mol. The Kier molecular flexibility index (Phi) is 13.0. The molecule has 2 aromatic carbocycles. The van der Waals surface area contributed by atoms with Crippen LogP contribution in [0.1, 0.15) is 11.1 Å². The fourth-order valence-electron chi connectivity index (χ4n) is 3.07. The molecule has 0 saturated heterocycles. The molecule has 0 radical (unpaired) electrons. The van der Waals surface area contributed by atoms with Crippen molar-refractivity contribution in [2.45, 2.75) is 0 Å². The van der Waals surface area contributed by atoms with Gasteiger partial charge in [-0.05, 0) is 24.3 Å². The van der Waals surface area contributed by atoms with Crippen LogP contribution in [0.3, 0.4) is 0 Å². The summed E-state index contributed by atoms with van der Waals surface area (Å²) in [7, 11) is 0. The molecule has 0 aliphatic carbocycles. The van der Waals surface area contributed by atoms with Gasteiger partial charge in [-0.15, -0.1) is 0 Å². The van der Waals surface area contributed by atoms with Crippen molar-refractivity contribution in [2.24, 2.45) is 0 Å². The quantitative estimate of drug-likeness (QED) is 0.163. The number of aliphatic hydroxyl groups is 4. The maximum absolute atomic E-state index is 9.16. The summed E-state index contributed by atoms with van der Waals surface area (Å²) in [6.07, 6.45) is 0. The Morgan fingerprint density at radius 3 is 1.19 bits per heavy atom. The molecule has 0 aliphatic rings. The van der Waals surface area contributed by atoms with E-state index < -0.39 is 0 Å². The van der Waals surface area contributed by atoms with Gasteiger partial charge in [0, 0.05) is 48.7 Å². The number of hydrogen-bond donors (Lipinski definition) is 6. The first kappa shape index (κ1) is 26.4. The van der Waals surface area contributed by atoms with E-state index in [1.807, 2.05) is 58.3 Å². The summed E-state index contributed by atoms with van der Waals surface area (Å²) in [6.45, 7) is 1.80. The molecule has 2 aromatic rings. The van der Waals surface area contributed by atoms with Gasteiger partial charge < -0.3 is 30.2 Å². The maximum Gasteiger partial charge on any atom is 0.130 e. The molecule has 0 atom stereocenters. The Hall–Kier alpha value is -2.61. The molecule has 9 heteroatoms. The smallest absolute Gasteiger partial charge is 0.130 e. The van der Waals surface area contributed by atoms with Crippen LogP contribution >= 0.6 is 12.6 Å². The Morgan fingerprint density at radius 2 is 0.968 bits per heavy atom. The molecule has 0 aromatic heterocycles. The normalized spacial score (nSPS) is 9.94. The van der Waals surface area contributed by atoms with Crippen LogP contribution in [0.25, 0.3) is 0 Å². The minimum Gasteiger partial charge on any atom is -0.395 e. The van der Waals surface area contributed by atoms with Crippen LogP contribution in [0.15, 0.2) is 48.5 Å². The number of nitrogens with one attached hydrogen (secondary N) is 1. The molecule has 31 heavy (non-hydrogen) atoms. The van der Waals surface area contributed by atoms with Crippen LogP contribution in [-0.2, 0) is 0 Å². The molecule has 168 valence electrons. The van der Waals surface area contributed by atoms with Gasteiger partial charge in [0.05, 0.1) is 32.1 Å². The average molecular weight is 447 g/mol. The highest BCUT2D eigenvalue weighted by atomic mass is 32.1. The molecule has 0 fully saturated rings. The molecular formula is C22H30N4O4S. The summed E-state index contributed by atoms with van der Waals surface area (Å²) in [5, 5.41) is 53.7. The summed E-state index contributed by atoms with van der Waals surface area (Å²) < 4.78 is 0. The van der Waals surface area contributed by atoms with Crippen LogP contribution in [0.2, 0.25) is 0 Å². The summed E-state index contributed by atoms with van der Waals surface area (Å²) in [4.78, 5) is 3.78. The number of benzene rings is 2. The first-order valence-corrected chi connectivity index (χ1v) is 10.3. The van der Waals surface area contributed by atoms with Gasteiger partial charge >= 0.3 is 0 Å². The molecule has 0 heterocycles. The zero-order valence-electron chi connectivity index (χ0n) is 17.4. The number of rotatable bonds is 12. The predicted octanol–water partition coefficient (Wildman–Crippen LogP) is 1.08. The minimum atomic E-state index is 0.00744. The Morgan fingerprint density at radius 1 is 0.710 bits per heavy atom. The molecule has 0 unspecified atom stereocenters. The first-order chi connectivity index (χ1) is 15.1. The van der Waals surface area contributed by atoms with Gasteiger partial charge in [0.15, 0.2) is 0 Å². The van der Waals surface area contributed by atoms with E-state index in [4.69, 9.17) is 31.1 Å². The molecular weight excluding hydrogens is 416 g/mol. The largest absolute Gasteiger partial charge is 0.395 e. The van der Waals surface area contributed by atoms with Gasteiger partial charge in [-0.3, -0.25) is 5.41 Å². The predicted molar refractivity (Wildman–Crippen MR) is 126 cm³/mol. The molecule has 2 rings (SSSR count). The first-order valence-electron chi connectivity index (χ1n) is 9.82. The van der Waals surface area contributed by atoms with E-state index in [9.17, 15) is 0 Å². The van der Waals surface area contributed by atoms with E-state index in [1.54, 1.807) is 0 Å². The molecule has 0 spiro atoms. The third-order valence-electron chi connectivity index (χ3n) is 4.52. The lowest BCUT2D eigenvalue weighted by Gasteiger charge is -2.23. The van der Waals surface area contributed by atoms with Crippen molar-refractivity contribution < 1.29 is 20.4 Å². The van der Waals surface area contributed by atoms with Crippen molar-refractivity contribution >= 4 is 29.7 Å². The van der Waals surface area contributed by atoms with Gasteiger partial charge in [0.25, 0.3) is 0 Å². The van der Waals surface area contributed by atoms with E-state index in [1.165, 1.54) is 5.40 Å². The van der Waals surface area contributed by atoms with Crippen molar-refractivity contribution in [3.63, 3.8) is 0 Å². The van der Waals surface area contributed by atoms with Gasteiger partial charge in [0.2, 0.25) is 0 Å². The Labute approximate surface area is 188 Å². The lowest BCUT2D eigenvalue weighted by Crippen LogP contribution is -2.29. The van der Waals surface area contributed by atoms with Crippen LogP contribution in [0, 0.1) is 16.1 Å². The number of nitriles is 1. The van der Waals surface area contributed by atoms with E-state index in [2.05, 4.69) is 12.6 Å². The third kappa shape index (κ3) is 8.57. The van der Waals surface area contributed by atoms with Gasteiger partial charge in [0.1, 0.15) is 5.40 Å². The number of thiocyanates is 1. The maximum atomic E-state index is 9.16. The molecule has 0 aliphatic heterocycles. The average Bonchev–Trinajstić information content (AvgIpc) is 2.79. The summed E-state index contributed by atoms with van der Waals surface area (Å²) in [5.74, 6) is 0. The number of hydrogen-bond acceptors (Lipinski definition) is 9. The second-order valence-electron chi connectivity index (χ2n) is 6.44. The van der Waals surface area contributed by atoms with Crippen LogP contribution < -0.4 is 9.80 Å². The van der Waals surface area contributed by atoms with E-state index >= 15 is 0 Å². The number of nitrogens with zero attached hydrogens (tertiary/aromatic N) is 3. The SMILES string of the molecule is N#CS.N=C(c1ccc(N(CCO)CCO)cc1)c1ccc(N(CCO)CCO)cc1. The van der Waals surface area contributed by atoms with Crippen LogP contribution in [0.4, 0.5) is 11.4 Å². The second kappa shape index (κ2) is 15.2. The summed E-state index contributed by atoms with van der Waals surface area (Å²) in [6, 6.07) is 15.0. The fourth-order valence-corrected chi connectivity index (χ4v) is 3.07. The molecule has 8 nitrogen and oxygen atoms in total. The van der Waals surface area contributed by atoms with Gasteiger partial charge in [-0.25, -0.2) is 0 Å². The van der Waals surface area contributed by atoms with Crippen molar-refractivity contribution in [1.29, 1.82) is 10.7 Å². The van der Waals surface area contributed by atoms with E-state index in [-0.39, 0.29) is 26.4 Å². The van der Waals surface area contributed by atoms with Crippen LogP contribution in [-0.4, -0.2) is 78.7 Å². The van der Waals surface area contributed by atoms with Crippen molar-refractivity contribution in [3.8, 4) is 5.40 Å². The topological polar surface area (TPSA) is 135 Å². The second-order valence-corrected chi connectivity index (χ2v) is 6.64. The van der Waals surface area contributed by atoms with Crippen LogP contribution in [0.5, 0.6) is 0 Å². The standard InChI is InChI=1S/C21H29N3O4.CHNS/c22-21(17-1-5-19(6-2-17)23(9-13-25)10-14-26)18-3-7-20(8-4-18)24(11-15-27)12-16-28;2-1-3/h1-8,22,25-28H,9-16H2;3H. The number of thiol groups is 1. The Bertz CT molecular complexity index is 736. The lowest BCUT2D eigenvalue weighted by atomic mass is 10.0. The van der Waals surface area contributed by atoms with Crippen molar-refractivity contribution in [3.05, 3.63) is 59.7 Å². The lowest BCUT2D eigenvalue weighted by molar-refractivity contribution is 0.280. The highest BCUT2D eigenvalue weighted by molar-refractivity contribution is 7.85. The van der Waals surface area contributed by atoms with E-state index in [0.717, 1.165) is 22.5 Å². The van der Waals surface area contributed by atoms with E-state index in [0.29, 0.717) is 31.9 Å². The summed E-state index contributed by atoms with van der Waals surface area (Å²) >= 11 is 3.09. The highest BCUT2D eigenvalue weighted by Crippen LogP contribution is 2.20. The molecule has 0 saturated carbocycles. The molecule has 5 N–H and O–H groups in total. The van der Waals surface area contributed by atoms with Crippen molar-refractivity contribution in [1.82, 2.24) is 0 Å². The summed E-state index contributed by atoms with van der Waals surface area (Å²) in [5.41, 5.74) is 3.71. The zero-order valence-corrected chi connectivity index (χ0v) is 18.2. The fraction of sp³-hybridized carbons (Fsp3) is 0.364. The minimum absolute atomic E-state index is 0.00744. The highest BCUT2D eigenvalue weighted by Gasteiger charge is 2.10. The van der Waals surface area contributed by atoms with Gasteiger partial charge in [-0.2, -0.15) is 5.26 Å². The zero-order chi connectivity index (χ0) is 23.1. The Balaban J connectivity index is 0.00000151. The van der Waals surface area contributed by atoms with Gasteiger partial charge in [-0.1, -0.05) is 36.9 Å². The molecule has 0 amide bonds. The number of anilines is 2. The van der Waals surface area contributed by atoms with Crippen molar-refractivity contribution in [2.75, 3.05) is 62.4 Å². The molecule has 0 bridgehead atoms. The third-order valence-corrected chi connectivity index (χ3v) is 4.52.